The molecule has 0 aliphatic heterocycles. The van der Waals surface area contributed by atoms with Crippen LogP contribution in [0.25, 0.3) is 28.3 Å². The molecule has 3 aromatic heterocycles. The van der Waals surface area contributed by atoms with Crippen LogP contribution in [0.3, 0.4) is 0 Å². The van der Waals surface area contributed by atoms with Crippen molar-refractivity contribution in [3.05, 3.63) is 60.4 Å². The van der Waals surface area contributed by atoms with Gasteiger partial charge in [-0.05, 0) is 42.8 Å². The summed E-state index contributed by atoms with van der Waals surface area (Å²) >= 11 is 0. The molecule has 1 aliphatic carbocycles. The Morgan fingerprint density at radius 2 is 1.90 bits per heavy atom. The third-order valence-electron chi connectivity index (χ3n) is 5.54. The molecule has 4 aromatic rings. The van der Waals surface area contributed by atoms with Gasteiger partial charge in [-0.15, -0.1) is 0 Å². The number of primary amides is 1. The van der Waals surface area contributed by atoms with E-state index < -0.39 is 23.7 Å². The molecule has 2 N–H and O–H groups in total. The maximum Gasteiger partial charge on any atom is 0.269 e. The number of aromatic nitrogens is 5. The highest BCUT2D eigenvalue weighted by Crippen LogP contribution is 2.44. The second-order valence-electron chi connectivity index (χ2n) is 7.60. The molecule has 0 saturated heterocycles. The number of rotatable bonds is 4. The van der Waals surface area contributed by atoms with E-state index in [0.717, 1.165) is 0 Å². The molecule has 1 saturated carbocycles. The molecule has 158 valence electrons. The summed E-state index contributed by atoms with van der Waals surface area (Å²) in [5, 5.41) is 4.50. The maximum absolute atomic E-state index is 13.9. The zero-order valence-corrected chi connectivity index (χ0v) is 16.2. The highest BCUT2D eigenvalue weighted by Gasteiger charge is 2.41. The van der Waals surface area contributed by atoms with Gasteiger partial charge < -0.3 is 10.3 Å². The Morgan fingerprint density at radius 3 is 2.58 bits per heavy atom. The summed E-state index contributed by atoms with van der Waals surface area (Å²) in [6, 6.07) is 8.62. The third kappa shape index (κ3) is 3.33. The molecule has 1 fully saturated rings. The Morgan fingerprint density at radius 1 is 1.13 bits per heavy atom. The topological polar surface area (TPSA) is 91.1 Å². The number of carbonyl (C=O) groups is 1. The van der Waals surface area contributed by atoms with E-state index in [9.17, 15) is 18.0 Å². The fraction of sp³-hybridized carbons (Fsp3) is 0.238. The quantitative estimate of drug-likeness (QED) is 0.537. The Bertz CT molecular complexity index is 1290. The summed E-state index contributed by atoms with van der Waals surface area (Å²) in [6.07, 6.45) is 2.61. The second kappa shape index (κ2) is 6.93. The van der Waals surface area contributed by atoms with Crippen LogP contribution >= 0.6 is 0 Å². The molecular weight excluding hydrogens is 409 g/mol. The summed E-state index contributed by atoms with van der Waals surface area (Å²) in [5.41, 5.74) is 7.91. The van der Waals surface area contributed by atoms with Crippen LogP contribution in [0.5, 0.6) is 0 Å². The molecule has 1 atom stereocenters. The lowest BCUT2D eigenvalue weighted by molar-refractivity contribution is 0.00568. The van der Waals surface area contributed by atoms with E-state index >= 15 is 0 Å². The zero-order valence-electron chi connectivity index (χ0n) is 16.2. The normalized spacial score (nSPS) is 18.0. The average Bonchev–Trinajstić information content (AvgIpc) is 3.43. The van der Waals surface area contributed by atoms with Crippen molar-refractivity contribution in [3.8, 4) is 22.6 Å². The van der Waals surface area contributed by atoms with E-state index in [-0.39, 0.29) is 18.5 Å². The van der Waals surface area contributed by atoms with Gasteiger partial charge in [0.15, 0.2) is 5.65 Å². The molecule has 7 nitrogen and oxygen atoms in total. The highest BCUT2D eigenvalue weighted by atomic mass is 19.3. The predicted molar refractivity (Wildman–Crippen MR) is 106 cm³/mol. The molecule has 0 bridgehead atoms. The lowest BCUT2D eigenvalue weighted by Gasteiger charge is -2.17. The fourth-order valence-corrected chi connectivity index (χ4v) is 4.04. The Hall–Kier alpha value is -3.69. The number of carbonyl (C=O) groups excluding carboxylic acids is 1. The minimum Gasteiger partial charge on any atom is -0.364 e. The monoisotopic (exact) mass is 426 g/mol. The zero-order chi connectivity index (χ0) is 21.8. The van der Waals surface area contributed by atoms with Crippen molar-refractivity contribution in [1.82, 2.24) is 24.1 Å². The van der Waals surface area contributed by atoms with Crippen molar-refractivity contribution in [1.29, 1.82) is 0 Å². The minimum atomic E-state index is -2.75. The minimum absolute atomic E-state index is 0.0960. The number of nitrogens with two attached hydrogens (primary N) is 1. The number of amides is 1. The number of nitrogens with zero attached hydrogens (tertiary/aromatic N) is 5. The molecule has 31 heavy (non-hydrogen) atoms. The number of imidazole rings is 2. The van der Waals surface area contributed by atoms with E-state index in [1.54, 1.807) is 28.8 Å². The Balaban J connectivity index is 1.71. The van der Waals surface area contributed by atoms with Gasteiger partial charge in [0, 0.05) is 24.4 Å². The van der Waals surface area contributed by atoms with Crippen LogP contribution < -0.4 is 5.73 Å². The van der Waals surface area contributed by atoms with Crippen molar-refractivity contribution in [2.45, 2.75) is 31.2 Å². The Kier molecular flexibility index (Phi) is 4.31. The van der Waals surface area contributed by atoms with Gasteiger partial charge in [0.25, 0.3) is 5.91 Å². The number of alkyl halides is 2. The molecule has 0 radical (unpaired) electrons. The lowest BCUT2D eigenvalue weighted by Crippen LogP contribution is -2.15. The number of hydrogen-bond acceptors (Lipinski definition) is 4. The van der Waals surface area contributed by atoms with Gasteiger partial charge in [-0.25, -0.2) is 27.7 Å². The van der Waals surface area contributed by atoms with Crippen LogP contribution in [0.2, 0.25) is 0 Å². The maximum atomic E-state index is 13.9. The molecule has 0 spiro atoms. The standard InChI is InChI=1S/C21H17F3N6O/c22-13-3-1-12(2-4-13)18-19(29(11-27-18)14-7-8-21(23,24)9-14)15-5-6-17-26-10-16(20(25)31)30(17)28-15/h1-6,10-11,14H,7-9H2,(H2,25,31). The van der Waals surface area contributed by atoms with Gasteiger partial charge in [-0.2, -0.15) is 5.10 Å². The number of hydrogen-bond donors (Lipinski definition) is 1. The summed E-state index contributed by atoms with van der Waals surface area (Å²) in [4.78, 5) is 20.3. The SMILES string of the molecule is NC(=O)c1cnc2ccc(-c3c(-c4ccc(F)cc4)ncn3C3CCC(F)(F)C3)nn12. The summed E-state index contributed by atoms with van der Waals surface area (Å²) in [5.74, 6) is -3.84. The third-order valence-corrected chi connectivity index (χ3v) is 5.54. The van der Waals surface area contributed by atoms with E-state index in [1.807, 2.05) is 0 Å². The molecule has 5 rings (SSSR count). The van der Waals surface area contributed by atoms with Crippen LogP contribution in [0.1, 0.15) is 35.8 Å². The van der Waals surface area contributed by atoms with E-state index in [0.29, 0.717) is 34.7 Å². The summed E-state index contributed by atoms with van der Waals surface area (Å²) in [7, 11) is 0. The van der Waals surface area contributed by atoms with Gasteiger partial charge in [0.1, 0.15) is 17.2 Å². The van der Waals surface area contributed by atoms with Gasteiger partial charge >= 0.3 is 0 Å². The second-order valence-corrected chi connectivity index (χ2v) is 7.60. The van der Waals surface area contributed by atoms with Crippen molar-refractivity contribution < 1.29 is 18.0 Å². The van der Waals surface area contributed by atoms with Crippen LogP contribution in [0, 0.1) is 5.82 Å². The summed E-state index contributed by atoms with van der Waals surface area (Å²) < 4.78 is 44.3. The molecule has 1 aromatic carbocycles. The van der Waals surface area contributed by atoms with Crippen molar-refractivity contribution in [3.63, 3.8) is 0 Å². The molecule has 1 aliphatic rings. The summed E-state index contributed by atoms with van der Waals surface area (Å²) in [6.45, 7) is 0. The van der Waals surface area contributed by atoms with Gasteiger partial charge in [0.05, 0.1) is 23.9 Å². The van der Waals surface area contributed by atoms with Crippen molar-refractivity contribution in [2.24, 2.45) is 5.73 Å². The average molecular weight is 426 g/mol. The predicted octanol–water partition coefficient (Wildman–Crippen LogP) is 3.86. The van der Waals surface area contributed by atoms with Gasteiger partial charge in [-0.3, -0.25) is 4.79 Å². The number of benzene rings is 1. The Labute approximate surface area is 174 Å². The van der Waals surface area contributed by atoms with Gasteiger partial charge in [0.2, 0.25) is 5.92 Å². The number of fused-ring (bicyclic) bond motifs is 1. The van der Waals surface area contributed by atoms with E-state index in [2.05, 4.69) is 15.1 Å². The smallest absolute Gasteiger partial charge is 0.269 e. The first-order valence-electron chi connectivity index (χ1n) is 9.68. The molecule has 3 heterocycles. The van der Waals surface area contributed by atoms with Crippen LogP contribution in [0.4, 0.5) is 13.2 Å². The van der Waals surface area contributed by atoms with Crippen LogP contribution in [-0.4, -0.2) is 36.0 Å². The highest BCUT2D eigenvalue weighted by molar-refractivity contribution is 5.91. The van der Waals surface area contributed by atoms with Crippen LogP contribution in [-0.2, 0) is 0 Å². The van der Waals surface area contributed by atoms with Gasteiger partial charge in [-0.1, -0.05) is 0 Å². The first kappa shape index (κ1) is 19.3. The van der Waals surface area contributed by atoms with Crippen molar-refractivity contribution in [2.75, 3.05) is 0 Å². The lowest BCUT2D eigenvalue weighted by atomic mass is 10.1. The number of halogens is 3. The largest absolute Gasteiger partial charge is 0.364 e. The molecule has 1 unspecified atom stereocenters. The molecular formula is C21H17F3N6O. The fourth-order valence-electron chi connectivity index (χ4n) is 4.04. The van der Waals surface area contributed by atoms with E-state index in [1.165, 1.54) is 29.2 Å². The van der Waals surface area contributed by atoms with Crippen LogP contribution in [0.15, 0.2) is 48.9 Å². The van der Waals surface area contributed by atoms with E-state index in [4.69, 9.17) is 5.73 Å². The first-order valence-corrected chi connectivity index (χ1v) is 9.68. The first-order chi connectivity index (χ1) is 14.8. The molecule has 10 heteroatoms. The van der Waals surface area contributed by atoms with Crippen molar-refractivity contribution >= 4 is 11.6 Å². The molecule has 1 amide bonds.